The molecule has 0 aliphatic heterocycles. The van der Waals surface area contributed by atoms with Crippen LogP contribution in [0.2, 0.25) is 0 Å². The second kappa shape index (κ2) is 6.98. The quantitative estimate of drug-likeness (QED) is 0.474. The number of benzene rings is 1. The molecule has 3 aromatic heterocycles. The third-order valence-electron chi connectivity index (χ3n) is 3.83. The van der Waals surface area contributed by atoms with E-state index in [-0.39, 0.29) is 5.56 Å². The number of nitrogens with zero attached hydrogens (tertiary/aromatic N) is 4. The number of aromatic nitrogens is 5. The highest BCUT2D eigenvalue weighted by Crippen LogP contribution is 2.29. The number of H-pyrrole nitrogens is 1. The van der Waals surface area contributed by atoms with Crippen LogP contribution in [0.5, 0.6) is 0 Å². The van der Waals surface area contributed by atoms with Gasteiger partial charge >= 0.3 is 0 Å². The lowest BCUT2D eigenvalue weighted by Crippen LogP contribution is -2.15. The van der Waals surface area contributed by atoms with Crippen LogP contribution in [0, 0.1) is 13.8 Å². The van der Waals surface area contributed by atoms with Gasteiger partial charge in [0.15, 0.2) is 9.99 Å². The molecule has 1 N–H and O–H groups in total. The molecule has 6 nitrogen and oxygen atoms in total. The predicted octanol–water partition coefficient (Wildman–Crippen LogP) is 4.21. The molecule has 0 fully saturated rings. The number of fused-ring (bicyclic) bond motifs is 1. The van der Waals surface area contributed by atoms with Crippen molar-refractivity contribution in [3.63, 3.8) is 0 Å². The maximum absolute atomic E-state index is 12.5. The molecular weight excluding hydrogens is 434 g/mol. The summed E-state index contributed by atoms with van der Waals surface area (Å²) in [6, 6.07) is 9.55. The first-order valence-corrected chi connectivity index (χ1v) is 10.4. The van der Waals surface area contributed by atoms with Crippen molar-refractivity contribution in [3.05, 3.63) is 61.6 Å². The van der Waals surface area contributed by atoms with Gasteiger partial charge in [0.05, 0.1) is 5.69 Å². The number of aryl methyl sites for hydroxylation is 2. The highest BCUT2D eigenvalue weighted by atomic mass is 79.9. The summed E-state index contributed by atoms with van der Waals surface area (Å²) in [7, 11) is 0. The fourth-order valence-corrected chi connectivity index (χ4v) is 4.68. The lowest BCUT2D eigenvalue weighted by molar-refractivity contribution is 0.871. The molecule has 0 aliphatic rings. The van der Waals surface area contributed by atoms with Crippen LogP contribution in [-0.2, 0) is 5.75 Å². The third-order valence-corrected chi connectivity index (χ3v) is 6.37. The zero-order valence-corrected chi connectivity index (χ0v) is 17.2. The van der Waals surface area contributed by atoms with Gasteiger partial charge < -0.3 is 0 Å². The fraction of sp³-hybridized carbons (Fsp3) is 0.176. The van der Waals surface area contributed by atoms with Crippen molar-refractivity contribution in [1.29, 1.82) is 0 Å². The Balaban J connectivity index is 1.76. The molecule has 4 aromatic rings. The van der Waals surface area contributed by atoms with Gasteiger partial charge in [-0.1, -0.05) is 51.2 Å². The maximum atomic E-state index is 12.5. The van der Waals surface area contributed by atoms with E-state index in [1.165, 1.54) is 27.6 Å². The monoisotopic (exact) mass is 447 g/mol. The van der Waals surface area contributed by atoms with Crippen molar-refractivity contribution in [1.82, 2.24) is 24.8 Å². The Kier molecular flexibility index (Phi) is 4.68. The van der Waals surface area contributed by atoms with E-state index >= 15 is 0 Å². The summed E-state index contributed by atoms with van der Waals surface area (Å²) in [6.45, 7) is 3.87. The molecule has 3 heterocycles. The zero-order chi connectivity index (χ0) is 18.3. The topological polar surface area (TPSA) is 75.9 Å². The van der Waals surface area contributed by atoms with E-state index in [0.717, 1.165) is 36.3 Å². The summed E-state index contributed by atoms with van der Waals surface area (Å²) in [5.41, 5.74) is 4.10. The summed E-state index contributed by atoms with van der Waals surface area (Å²) < 4.78 is 3.38. The van der Waals surface area contributed by atoms with Gasteiger partial charge in [-0.2, -0.15) is 0 Å². The third kappa shape index (κ3) is 3.34. The Morgan fingerprint density at radius 1 is 1.23 bits per heavy atom. The molecule has 132 valence electrons. The molecule has 0 atom stereocenters. The molecule has 0 amide bonds. The van der Waals surface area contributed by atoms with E-state index in [9.17, 15) is 4.79 Å². The minimum Gasteiger partial charge on any atom is -0.293 e. The Bertz CT molecular complexity index is 1150. The lowest BCUT2D eigenvalue weighted by atomic mass is 10.1. The van der Waals surface area contributed by atoms with Gasteiger partial charge in [-0.05, 0) is 31.5 Å². The molecular formula is C17H14BrN5OS2. The van der Waals surface area contributed by atoms with Gasteiger partial charge in [0, 0.05) is 27.5 Å². The molecule has 0 aliphatic carbocycles. The number of thioether (sulfide) groups is 1. The van der Waals surface area contributed by atoms with Gasteiger partial charge in [0.25, 0.3) is 5.56 Å². The van der Waals surface area contributed by atoms with E-state index in [1.54, 1.807) is 6.07 Å². The highest BCUT2D eigenvalue weighted by molar-refractivity contribution is 9.10. The Hall–Kier alpha value is -1.97. The molecule has 9 heteroatoms. The van der Waals surface area contributed by atoms with Crippen LogP contribution in [0.25, 0.3) is 16.8 Å². The summed E-state index contributed by atoms with van der Waals surface area (Å²) in [4.78, 5) is 17.2. The lowest BCUT2D eigenvalue weighted by Gasteiger charge is -2.03. The summed E-state index contributed by atoms with van der Waals surface area (Å²) in [5.74, 6) is 0.574. The molecule has 0 radical (unpaired) electrons. The van der Waals surface area contributed by atoms with E-state index in [1.807, 2.05) is 38.1 Å². The first-order chi connectivity index (χ1) is 12.5. The van der Waals surface area contributed by atoms with Crippen LogP contribution in [0.15, 0.2) is 43.9 Å². The van der Waals surface area contributed by atoms with Crippen LogP contribution in [0.1, 0.15) is 16.4 Å². The molecule has 0 bridgehead atoms. The first-order valence-electron chi connectivity index (χ1n) is 7.81. The average Bonchev–Trinajstić information content (AvgIpc) is 3.17. The van der Waals surface area contributed by atoms with E-state index in [0.29, 0.717) is 11.4 Å². The van der Waals surface area contributed by atoms with E-state index in [4.69, 9.17) is 4.98 Å². The number of hydrogen-bond acceptors (Lipinski definition) is 6. The van der Waals surface area contributed by atoms with Crippen molar-refractivity contribution in [2.45, 2.75) is 23.9 Å². The van der Waals surface area contributed by atoms with Crippen LogP contribution in [0.3, 0.4) is 0 Å². The van der Waals surface area contributed by atoms with Gasteiger partial charge in [-0.25, -0.2) is 9.50 Å². The molecule has 0 saturated carbocycles. The Labute approximate surface area is 165 Å². The predicted molar refractivity (Wildman–Crippen MR) is 108 cm³/mol. The average molecular weight is 448 g/mol. The second-order valence-electron chi connectivity index (χ2n) is 5.74. The molecule has 26 heavy (non-hydrogen) atoms. The molecule has 0 saturated heterocycles. The van der Waals surface area contributed by atoms with Gasteiger partial charge in [-0.15, -0.1) is 10.2 Å². The summed E-state index contributed by atoms with van der Waals surface area (Å²) >= 11 is 6.53. The van der Waals surface area contributed by atoms with Crippen LogP contribution in [-0.4, -0.2) is 24.8 Å². The number of nitrogens with one attached hydrogen (secondary N) is 1. The number of rotatable bonds is 4. The largest absolute Gasteiger partial charge is 0.293 e. The van der Waals surface area contributed by atoms with Crippen LogP contribution in [0.4, 0.5) is 0 Å². The standard InChI is InChI=1S/C17H14BrN5OS2/c1-9-15(11-3-5-12(18)6-4-11)16-19-13(7-14(24)23(16)22-9)8-25-17-21-20-10(2)26-17/h3-7,22H,8H2,1-2H3. The molecule has 0 unspecified atom stereocenters. The molecule has 1 aromatic carbocycles. The SMILES string of the molecule is Cc1nnc(SCc2cc(=O)n3[nH]c(C)c(-c4ccc(Br)cc4)c3n2)s1. The molecule has 0 spiro atoms. The minimum atomic E-state index is -0.120. The van der Waals surface area contributed by atoms with Crippen LogP contribution < -0.4 is 5.56 Å². The van der Waals surface area contributed by atoms with Crippen molar-refractivity contribution in [2.75, 3.05) is 0 Å². The number of halogens is 1. The zero-order valence-electron chi connectivity index (χ0n) is 14.0. The van der Waals surface area contributed by atoms with Gasteiger partial charge in [0.2, 0.25) is 0 Å². The normalized spacial score (nSPS) is 11.3. The van der Waals surface area contributed by atoms with E-state index in [2.05, 4.69) is 31.2 Å². The van der Waals surface area contributed by atoms with Crippen molar-refractivity contribution < 1.29 is 0 Å². The van der Waals surface area contributed by atoms with Crippen molar-refractivity contribution >= 4 is 44.7 Å². The second-order valence-corrected chi connectivity index (χ2v) is 9.06. The number of aromatic amines is 1. The summed E-state index contributed by atoms with van der Waals surface area (Å²) in [5, 5.41) is 12.2. The van der Waals surface area contributed by atoms with Gasteiger partial charge in [-0.3, -0.25) is 9.89 Å². The minimum absolute atomic E-state index is 0.120. The van der Waals surface area contributed by atoms with Crippen LogP contribution >= 0.6 is 39.0 Å². The molecule has 4 rings (SSSR count). The maximum Gasteiger partial charge on any atom is 0.272 e. The Morgan fingerprint density at radius 2 is 2.00 bits per heavy atom. The van der Waals surface area contributed by atoms with Gasteiger partial charge in [0.1, 0.15) is 5.01 Å². The highest BCUT2D eigenvalue weighted by Gasteiger charge is 2.15. The Morgan fingerprint density at radius 3 is 2.69 bits per heavy atom. The van der Waals surface area contributed by atoms with E-state index < -0.39 is 0 Å². The number of hydrogen-bond donors (Lipinski definition) is 1. The van der Waals surface area contributed by atoms with Crippen molar-refractivity contribution in [2.24, 2.45) is 0 Å². The van der Waals surface area contributed by atoms with Crippen molar-refractivity contribution in [3.8, 4) is 11.1 Å². The fourth-order valence-electron chi connectivity index (χ4n) is 2.71. The first kappa shape index (κ1) is 17.4. The smallest absolute Gasteiger partial charge is 0.272 e. The summed E-state index contributed by atoms with van der Waals surface area (Å²) in [6.07, 6.45) is 0.